The Bertz CT molecular complexity index is 262. The molecule has 0 saturated heterocycles. The normalized spacial score (nSPS) is 13.1. The molecule has 80 valence electrons. The summed E-state index contributed by atoms with van der Waals surface area (Å²) < 4.78 is 0. The molecule has 0 amide bonds. The van der Waals surface area contributed by atoms with E-state index in [0.29, 0.717) is 0 Å². The zero-order chi connectivity index (χ0) is 10.4. The molecule has 1 rings (SSSR count). The highest BCUT2D eigenvalue weighted by atomic mass is 32.2. The summed E-state index contributed by atoms with van der Waals surface area (Å²) in [6.45, 7) is 0. The van der Waals surface area contributed by atoms with E-state index in [1.54, 1.807) is 18.8 Å². The molecule has 0 aliphatic heterocycles. The molecule has 7 heteroatoms. The summed E-state index contributed by atoms with van der Waals surface area (Å²) in [7, 11) is 1.75. The Morgan fingerprint density at radius 2 is 2.43 bits per heavy atom. The molecule has 0 aliphatic carbocycles. The van der Waals surface area contributed by atoms with E-state index in [9.17, 15) is 0 Å². The van der Waals surface area contributed by atoms with E-state index in [1.807, 2.05) is 0 Å². The summed E-state index contributed by atoms with van der Waals surface area (Å²) in [5.74, 6) is 7.24. The van der Waals surface area contributed by atoms with E-state index in [0.717, 1.165) is 24.4 Å². The lowest BCUT2D eigenvalue weighted by atomic mass is 10.1. The Morgan fingerprint density at radius 3 is 2.93 bits per heavy atom. The summed E-state index contributed by atoms with van der Waals surface area (Å²) in [5.41, 5.74) is 2.76. The fourth-order valence-corrected chi connectivity index (χ4v) is 1.65. The van der Waals surface area contributed by atoms with Gasteiger partial charge in [-0.1, -0.05) is 0 Å². The molecule has 0 aliphatic rings. The van der Waals surface area contributed by atoms with Crippen LogP contribution in [0.5, 0.6) is 0 Å². The van der Waals surface area contributed by atoms with Crippen molar-refractivity contribution < 1.29 is 0 Å². The van der Waals surface area contributed by atoms with Crippen LogP contribution in [0, 0.1) is 0 Å². The molecule has 0 aromatic carbocycles. The molecule has 14 heavy (non-hydrogen) atoms. The largest absolute Gasteiger partial charge is 0.271 e. The average molecular weight is 216 g/mol. The molecule has 1 unspecified atom stereocenters. The second-order valence-corrected chi connectivity index (χ2v) is 4.03. The molecule has 1 aromatic heterocycles. The highest BCUT2D eigenvalue weighted by molar-refractivity contribution is 7.98. The molecule has 1 heterocycles. The first-order chi connectivity index (χ1) is 6.76. The number of hydrogen-bond acceptors (Lipinski definition) is 6. The van der Waals surface area contributed by atoms with Crippen molar-refractivity contribution in [2.45, 2.75) is 18.9 Å². The number of hydrazine groups is 1. The van der Waals surface area contributed by atoms with Crippen LogP contribution in [0.4, 0.5) is 0 Å². The molecule has 0 bridgehead atoms. The van der Waals surface area contributed by atoms with Crippen LogP contribution in [-0.4, -0.2) is 38.3 Å². The van der Waals surface area contributed by atoms with Gasteiger partial charge in [-0.2, -0.15) is 16.6 Å². The smallest absolute Gasteiger partial charge is 0.176 e. The number of hydrogen-bond donors (Lipinski definition) is 2. The van der Waals surface area contributed by atoms with Gasteiger partial charge in [-0.3, -0.25) is 11.3 Å². The van der Waals surface area contributed by atoms with Gasteiger partial charge in [0.25, 0.3) is 0 Å². The predicted molar refractivity (Wildman–Crippen MR) is 56.6 cm³/mol. The standard InChI is InChI=1S/C7H16N6S/c1-13-11-7(10-12-13)5-6(9-8)3-4-14-2/h6,9H,3-5,8H2,1-2H3. The quantitative estimate of drug-likeness (QED) is 0.485. The number of nitrogens with one attached hydrogen (secondary N) is 1. The van der Waals surface area contributed by atoms with Gasteiger partial charge >= 0.3 is 0 Å². The fraction of sp³-hybridized carbons (Fsp3) is 0.857. The molecule has 1 aromatic rings. The van der Waals surface area contributed by atoms with Crippen molar-refractivity contribution in [3.8, 4) is 0 Å². The SMILES string of the molecule is CSCCC(Cc1nnn(C)n1)NN. The molecule has 6 nitrogen and oxygen atoms in total. The van der Waals surface area contributed by atoms with Crippen LogP contribution in [0.1, 0.15) is 12.2 Å². The predicted octanol–water partition coefficient (Wildman–Crippen LogP) is -0.662. The fourth-order valence-electron chi connectivity index (χ4n) is 1.13. The van der Waals surface area contributed by atoms with Crippen molar-refractivity contribution in [2.24, 2.45) is 12.9 Å². The first kappa shape index (κ1) is 11.4. The highest BCUT2D eigenvalue weighted by Gasteiger charge is 2.10. The molecular weight excluding hydrogens is 200 g/mol. The van der Waals surface area contributed by atoms with E-state index in [4.69, 9.17) is 5.84 Å². The monoisotopic (exact) mass is 216 g/mol. The lowest BCUT2D eigenvalue weighted by Gasteiger charge is -2.12. The summed E-state index contributed by atoms with van der Waals surface area (Å²) in [5, 5.41) is 11.8. The van der Waals surface area contributed by atoms with Gasteiger partial charge in [0.2, 0.25) is 0 Å². The lowest BCUT2D eigenvalue weighted by Crippen LogP contribution is -2.37. The Morgan fingerprint density at radius 1 is 1.64 bits per heavy atom. The molecular formula is C7H16N6S. The van der Waals surface area contributed by atoms with Gasteiger partial charge in [-0.25, -0.2) is 0 Å². The summed E-state index contributed by atoms with van der Waals surface area (Å²) in [4.78, 5) is 1.46. The van der Waals surface area contributed by atoms with Crippen LogP contribution in [0.2, 0.25) is 0 Å². The number of aromatic nitrogens is 4. The van der Waals surface area contributed by atoms with Gasteiger partial charge in [0.05, 0.1) is 7.05 Å². The van der Waals surface area contributed by atoms with Crippen molar-refractivity contribution in [1.29, 1.82) is 0 Å². The Balaban J connectivity index is 2.40. The second kappa shape index (κ2) is 5.94. The second-order valence-electron chi connectivity index (χ2n) is 3.04. The van der Waals surface area contributed by atoms with E-state index >= 15 is 0 Å². The van der Waals surface area contributed by atoms with E-state index < -0.39 is 0 Å². The van der Waals surface area contributed by atoms with Crippen LogP contribution >= 0.6 is 11.8 Å². The van der Waals surface area contributed by atoms with Gasteiger partial charge < -0.3 is 0 Å². The van der Waals surface area contributed by atoms with E-state index in [-0.39, 0.29) is 6.04 Å². The van der Waals surface area contributed by atoms with E-state index in [2.05, 4.69) is 27.1 Å². The highest BCUT2D eigenvalue weighted by Crippen LogP contribution is 2.03. The maximum Gasteiger partial charge on any atom is 0.176 e. The van der Waals surface area contributed by atoms with Crippen molar-refractivity contribution >= 4 is 11.8 Å². The number of nitrogens with zero attached hydrogens (tertiary/aromatic N) is 4. The maximum atomic E-state index is 5.43. The number of nitrogens with two attached hydrogens (primary N) is 1. The third kappa shape index (κ3) is 3.60. The van der Waals surface area contributed by atoms with Crippen molar-refractivity contribution in [3.05, 3.63) is 5.82 Å². The first-order valence-corrected chi connectivity index (χ1v) is 5.83. The lowest BCUT2D eigenvalue weighted by molar-refractivity contribution is 0.502. The van der Waals surface area contributed by atoms with E-state index in [1.165, 1.54) is 4.80 Å². The zero-order valence-electron chi connectivity index (χ0n) is 8.47. The minimum Gasteiger partial charge on any atom is -0.271 e. The average Bonchev–Trinajstić information content (AvgIpc) is 2.58. The Kier molecular flexibility index (Phi) is 4.85. The Labute approximate surface area is 87.6 Å². The van der Waals surface area contributed by atoms with Crippen LogP contribution in [-0.2, 0) is 13.5 Å². The minimum absolute atomic E-state index is 0.228. The third-order valence-corrected chi connectivity index (χ3v) is 2.53. The van der Waals surface area contributed by atoms with Crippen LogP contribution in [0.15, 0.2) is 0 Å². The van der Waals surface area contributed by atoms with Crippen LogP contribution < -0.4 is 11.3 Å². The molecule has 0 saturated carbocycles. The first-order valence-electron chi connectivity index (χ1n) is 4.44. The topological polar surface area (TPSA) is 81.7 Å². The van der Waals surface area contributed by atoms with Crippen LogP contribution in [0.3, 0.4) is 0 Å². The zero-order valence-corrected chi connectivity index (χ0v) is 9.29. The molecule has 1 atom stereocenters. The van der Waals surface area contributed by atoms with Crippen LogP contribution in [0.25, 0.3) is 0 Å². The summed E-state index contributed by atoms with van der Waals surface area (Å²) in [6, 6.07) is 0.228. The van der Waals surface area contributed by atoms with Gasteiger partial charge in [-0.15, -0.1) is 10.2 Å². The molecule has 0 radical (unpaired) electrons. The number of thioether (sulfide) groups is 1. The summed E-state index contributed by atoms with van der Waals surface area (Å²) >= 11 is 1.80. The molecule has 0 fully saturated rings. The minimum atomic E-state index is 0.228. The number of tetrazole rings is 1. The van der Waals surface area contributed by atoms with Crippen molar-refractivity contribution in [1.82, 2.24) is 25.6 Å². The maximum absolute atomic E-state index is 5.43. The van der Waals surface area contributed by atoms with Gasteiger partial charge in [0.1, 0.15) is 0 Å². The van der Waals surface area contributed by atoms with Crippen molar-refractivity contribution in [3.63, 3.8) is 0 Å². The Hall–Kier alpha value is -0.660. The number of rotatable bonds is 6. The number of aryl methyl sites for hydroxylation is 1. The molecule has 3 N–H and O–H groups in total. The van der Waals surface area contributed by atoms with Gasteiger partial charge in [0, 0.05) is 12.5 Å². The summed E-state index contributed by atoms with van der Waals surface area (Å²) in [6.07, 6.45) is 3.81. The molecule has 0 spiro atoms. The van der Waals surface area contributed by atoms with Gasteiger partial charge in [0.15, 0.2) is 5.82 Å². The third-order valence-electron chi connectivity index (χ3n) is 1.88. The van der Waals surface area contributed by atoms with Crippen molar-refractivity contribution in [2.75, 3.05) is 12.0 Å². The van der Waals surface area contributed by atoms with Gasteiger partial charge in [-0.05, 0) is 23.6 Å².